The summed E-state index contributed by atoms with van der Waals surface area (Å²) in [6, 6.07) is 17.4. The summed E-state index contributed by atoms with van der Waals surface area (Å²) in [4.78, 5) is 12.7. The van der Waals surface area contributed by atoms with Crippen molar-refractivity contribution in [1.29, 1.82) is 0 Å². The number of carbonyl (C=O) groups excluding carboxylic acids is 1. The predicted molar refractivity (Wildman–Crippen MR) is 83.5 cm³/mol. The quantitative estimate of drug-likeness (QED) is 0.865. The van der Waals surface area contributed by atoms with Crippen LogP contribution in [0.2, 0.25) is 0 Å². The molecular formula is C19H20O2. The van der Waals surface area contributed by atoms with Gasteiger partial charge in [-0.3, -0.25) is 4.79 Å². The molecule has 0 unspecified atom stereocenters. The van der Waals surface area contributed by atoms with E-state index in [0.29, 0.717) is 5.92 Å². The Morgan fingerprint density at radius 1 is 0.857 bits per heavy atom. The van der Waals surface area contributed by atoms with E-state index in [1.54, 1.807) is 0 Å². The van der Waals surface area contributed by atoms with E-state index >= 15 is 0 Å². The van der Waals surface area contributed by atoms with Crippen molar-refractivity contribution >= 4 is 5.78 Å². The molecule has 2 aromatic carbocycles. The topological polar surface area (TPSA) is 37.3 Å². The maximum Gasteiger partial charge on any atom is 0.193 e. The summed E-state index contributed by atoms with van der Waals surface area (Å²) < 4.78 is 0. The van der Waals surface area contributed by atoms with Gasteiger partial charge in [-0.25, -0.2) is 0 Å². The number of hydrogen-bond acceptors (Lipinski definition) is 2. The first-order valence-corrected chi connectivity index (χ1v) is 7.62. The lowest BCUT2D eigenvalue weighted by molar-refractivity contribution is 0.103. The lowest BCUT2D eigenvalue weighted by Crippen LogP contribution is -2.19. The molecule has 0 aliphatic heterocycles. The van der Waals surface area contributed by atoms with Crippen LogP contribution in [0, 0.1) is 0 Å². The second-order valence-electron chi connectivity index (χ2n) is 5.79. The molecule has 1 N–H and O–H groups in total. The van der Waals surface area contributed by atoms with Crippen molar-refractivity contribution in [2.45, 2.75) is 37.7 Å². The minimum absolute atomic E-state index is 0.0947. The molecule has 1 aliphatic carbocycles. The average Bonchev–Trinajstić information content (AvgIpc) is 2.56. The van der Waals surface area contributed by atoms with E-state index in [9.17, 15) is 9.90 Å². The zero-order valence-corrected chi connectivity index (χ0v) is 12.0. The highest BCUT2D eigenvalue weighted by Crippen LogP contribution is 2.35. The molecule has 0 spiro atoms. The first kappa shape index (κ1) is 14.0. The molecule has 2 nitrogen and oxygen atoms in total. The molecule has 1 saturated carbocycles. The van der Waals surface area contributed by atoms with Gasteiger partial charge in [-0.1, -0.05) is 54.6 Å². The van der Waals surface area contributed by atoms with Crippen molar-refractivity contribution in [1.82, 2.24) is 0 Å². The van der Waals surface area contributed by atoms with E-state index in [1.165, 1.54) is 0 Å². The Bertz CT molecular complexity index is 610. The number of aliphatic hydroxyl groups is 1. The summed E-state index contributed by atoms with van der Waals surface area (Å²) in [6.07, 6.45) is 3.41. The van der Waals surface area contributed by atoms with Crippen molar-refractivity contribution < 1.29 is 9.90 Å². The molecule has 2 heteroatoms. The second-order valence-corrected chi connectivity index (χ2v) is 5.79. The normalized spacial score (nSPS) is 22.0. The fraction of sp³-hybridized carbons (Fsp3) is 0.316. The van der Waals surface area contributed by atoms with Gasteiger partial charge in [0.2, 0.25) is 0 Å². The Kier molecular flexibility index (Phi) is 4.16. The summed E-state index contributed by atoms with van der Waals surface area (Å²) in [5.41, 5.74) is 2.68. The lowest BCUT2D eigenvalue weighted by Gasteiger charge is -2.27. The number of rotatable bonds is 3. The van der Waals surface area contributed by atoms with Crippen LogP contribution >= 0.6 is 0 Å². The van der Waals surface area contributed by atoms with Gasteiger partial charge in [0.05, 0.1) is 6.10 Å². The first-order chi connectivity index (χ1) is 10.3. The van der Waals surface area contributed by atoms with Gasteiger partial charge in [0.1, 0.15) is 0 Å². The van der Waals surface area contributed by atoms with Crippen LogP contribution in [0.5, 0.6) is 0 Å². The van der Waals surface area contributed by atoms with Gasteiger partial charge in [0.15, 0.2) is 5.78 Å². The molecule has 2 aromatic rings. The van der Waals surface area contributed by atoms with Crippen LogP contribution in [-0.2, 0) is 0 Å². The molecule has 1 aliphatic rings. The highest BCUT2D eigenvalue weighted by atomic mass is 16.3. The molecule has 0 saturated heterocycles. The molecule has 108 valence electrons. The standard InChI is InChI=1S/C19H20O2/c20-16-12-10-14(11-13-16)17-8-4-5-9-18(17)19(21)15-6-2-1-3-7-15/h1-9,14,16,20H,10-13H2. The number of benzene rings is 2. The summed E-state index contributed by atoms with van der Waals surface area (Å²) in [5.74, 6) is 0.481. The van der Waals surface area contributed by atoms with Crippen LogP contribution in [0.25, 0.3) is 0 Å². The Hall–Kier alpha value is -1.93. The molecule has 21 heavy (non-hydrogen) atoms. The molecule has 0 atom stereocenters. The Morgan fingerprint density at radius 2 is 1.48 bits per heavy atom. The fourth-order valence-corrected chi connectivity index (χ4v) is 3.19. The van der Waals surface area contributed by atoms with Crippen LogP contribution in [0.4, 0.5) is 0 Å². The molecule has 0 bridgehead atoms. The van der Waals surface area contributed by atoms with Crippen LogP contribution < -0.4 is 0 Å². The number of aliphatic hydroxyl groups excluding tert-OH is 1. The van der Waals surface area contributed by atoms with Crippen LogP contribution in [0.3, 0.4) is 0 Å². The van der Waals surface area contributed by atoms with E-state index in [1.807, 2.05) is 48.5 Å². The van der Waals surface area contributed by atoms with Crippen LogP contribution in [0.15, 0.2) is 54.6 Å². The van der Waals surface area contributed by atoms with Gasteiger partial charge in [-0.2, -0.15) is 0 Å². The summed E-state index contributed by atoms with van der Waals surface area (Å²) >= 11 is 0. The SMILES string of the molecule is O=C(c1ccccc1)c1ccccc1C1CCC(O)CC1. The zero-order chi connectivity index (χ0) is 14.7. The van der Waals surface area contributed by atoms with Crippen molar-refractivity contribution in [3.05, 3.63) is 71.3 Å². The maximum atomic E-state index is 12.7. The van der Waals surface area contributed by atoms with E-state index in [4.69, 9.17) is 0 Å². The Morgan fingerprint density at radius 3 is 2.19 bits per heavy atom. The zero-order valence-electron chi connectivity index (χ0n) is 12.0. The largest absolute Gasteiger partial charge is 0.393 e. The van der Waals surface area contributed by atoms with E-state index in [2.05, 4.69) is 6.07 Å². The third-order valence-electron chi connectivity index (χ3n) is 4.38. The molecular weight excluding hydrogens is 260 g/mol. The molecule has 0 aromatic heterocycles. The van der Waals surface area contributed by atoms with Gasteiger partial charge in [-0.15, -0.1) is 0 Å². The minimum Gasteiger partial charge on any atom is -0.393 e. The number of hydrogen-bond donors (Lipinski definition) is 1. The fourth-order valence-electron chi connectivity index (χ4n) is 3.19. The molecule has 1 fully saturated rings. The Labute approximate surface area is 125 Å². The van der Waals surface area contributed by atoms with Gasteiger partial charge in [0, 0.05) is 11.1 Å². The summed E-state index contributed by atoms with van der Waals surface area (Å²) in [7, 11) is 0. The van der Waals surface area contributed by atoms with Gasteiger partial charge in [-0.05, 0) is 37.2 Å². The van der Waals surface area contributed by atoms with Gasteiger partial charge in [0.25, 0.3) is 0 Å². The number of carbonyl (C=O) groups is 1. The van der Waals surface area contributed by atoms with Gasteiger partial charge >= 0.3 is 0 Å². The summed E-state index contributed by atoms with van der Waals surface area (Å²) in [6.45, 7) is 0. The van der Waals surface area contributed by atoms with E-state index in [-0.39, 0.29) is 11.9 Å². The summed E-state index contributed by atoms with van der Waals surface area (Å²) in [5, 5.41) is 9.66. The average molecular weight is 280 g/mol. The highest BCUT2D eigenvalue weighted by molar-refractivity contribution is 6.10. The Balaban J connectivity index is 1.91. The van der Waals surface area contributed by atoms with Crippen molar-refractivity contribution in [2.75, 3.05) is 0 Å². The second kappa shape index (κ2) is 6.23. The monoisotopic (exact) mass is 280 g/mol. The highest BCUT2D eigenvalue weighted by Gasteiger charge is 2.24. The molecule has 0 radical (unpaired) electrons. The van der Waals surface area contributed by atoms with Crippen LogP contribution in [0.1, 0.15) is 53.1 Å². The van der Waals surface area contributed by atoms with Crippen molar-refractivity contribution in [3.8, 4) is 0 Å². The smallest absolute Gasteiger partial charge is 0.193 e. The first-order valence-electron chi connectivity index (χ1n) is 7.62. The molecule has 0 amide bonds. The van der Waals surface area contributed by atoms with Crippen LogP contribution in [-0.4, -0.2) is 17.0 Å². The molecule has 3 rings (SSSR count). The molecule has 0 heterocycles. The third kappa shape index (κ3) is 3.06. The third-order valence-corrected chi connectivity index (χ3v) is 4.38. The minimum atomic E-state index is -0.168. The van der Waals surface area contributed by atoms with E-state index < -0.39 is 0 Å². The van der Waals surface area contributed by atoms with Crippen molar-refractivity contribution in [3.63, 3.8) is 0 Å². The van der Waals surface area contributed by atoms with Crippen molar-refractivity contribution in [2.24, 2.45) is 0 Å². The van der Waals surface area contributed by atoms with Gasteiger partial charge < -0.3 is 5.11 Å². The lowest BCUT2D eigenvalue weighted by atomic mass is 9.80. The maximum absolute atomic E-state index is 12.7. The predicted octanol–water partition coefficient (Wildman–Crippen LogP) is 3.94. The number of ketones is 1. The van der Waals surface area contributed by atoms with E-state index in [0.717, 1.165) is 42.4 Å².